The van der Waals surface area contributed by atoms with Crippen molar-refractivity contribution >= 4 is 17.6 Å². The van der Waals surface area contributed by atoms with Crippen LogP contribution in [0.25, 0.3) is 16.8 Å². The number of aromatic nitrogens is 2. The second-order valence-corrected chi connectivity index (χ2v) is 7.03. The maximum absolute atomic E-state index is 11.6. The van der Waals surface area contributed by atoms with Crippen molar-refractivity contribution in [2.75, 3.05) is 5.32 Å². The van der Waals surface area contributed by atoms with Crippen molar-refractivity contribution in [2.24, 2.45) is 17.4 Å². The van der Waals surface area contributed by atoms with Gasteiger partial charge in [0.2, 0.25) is 0 Å². The summed E-state index contributed by atoms with van der Waals surface area (Å²) in [7, 11) is 0. The number of nitrogens with two attached hydrogens (primary N) is 2. The summed E-state index contributed by atoms with van der Waals surface area (Å²) in [5.74, 6) is -0.143. The van der Waals surface area contributed by atoms with Gasteiger partial charge >= 0.3 is 6.03 Å². The van der Waals surface area contributed by atoms with E-state index in [4.69, 9.17) is 11.5 Å². The smallest absolute Gasteiger partial charge is 0.316 e. The molecule has 0 atom stereocenters. The Morgan fingerprint density at radius 2 is 1.79 bits per heavy atom. The van der Waals surface area contributed by atoms with Gasteiger partial charge in [0.15, 0.2) is 5.69 Å². The summed E-state index contributed by atoms with van der Waals surface area (Å²) in [6.45, 7) is 4.40. The Bertz CT molecular complexity index is 1010. The molecule has 3 amide bonds. The van der Waals surface area contributed by atoms with Crippen LogP contribution in [0, 0.1) is 5.92 Å². The predicted octanol–water partition coefficient (Wildman–Crippen LogP) is 3.33. The fourth-order valence-corrected chi connectivity index (χ4v) is 3.05. The number of urea groups is 1. The largest absolute Gasteiger partial charge is 0.364 e. The van der Waals surface area contributed by atoms with Crippen LogP contribution in [-0.4, -0.2) is 21.7 Å². The van der Waals surface area contributed by atoms with Gasteiger partial charge in [0.1, 0.15) is 0 Å². The molecule has 5 N–H and O–H groups in total. The van der Waals surface area contributed by atoms with Crippen LogP contribution in [0.1, 0.15) is 29.9 Å². The summed E-state index contributed by atoms with van der Waals surface area (Å²) in [5.41, 5.74) is 14.7. The Labute approximate surface area is 163 Å². The molecule has 144 valence electrons. The van der Waals surface area contributed by atoms with Gasteiger partial charge in [-0.3, -0.25) is 4.79 Å². The molecule has 1 aromatic heterocycles. The number of nitrogens with one attached hydrogen (secondary N) is 1. The third-order valence-corrected chi connectivity index (χ3v) is 4.25. The quantitative estimate of drug-likeness (QED) is 0.612. The molecule has 0 unspecified atom stereocenters. The van der Waals surface area contributed by atoms with Gasteiger partial charge < -0.3 is 16.8 Å². The molecule has 28 heavy (non-hydrogen) atoms. The number of amides is 3. The number of hydrogen-bond donors (Lipinski definition) is 3. The van der Waals surface area contributed by atoms with Crippen LogP contribution in [0.15, 0.2) is 54.7 Å². The monoisotopic (exact) mass is 377 g/mol. The summed E-state index contributed by atoms with van der Waals surface area (Å²) in [5, 5.41) is 6.55. The first-order chi connectivity index (χ1) is 13.3. The topological polar surface area (TPSA) is 116 Å². The lowest BCUT2D eigenvalue weighted by atomic mass is 9.99. The number of carbonyl (C=O) groups is 2. The van der Waals surface area contributed by atoms with E-state index in [1.165, 1.54) is 16.4 Å². The fourth-order valence-electron chi connectivity index (χ4n) is 3.05. The second kappa shape index (κ2) is 7.96. The Hall–Kier alpha value is -3.61. The summed E-state index contributed by atoms with van der Waals surface area (Å²) < 4.78 is 1.49. The first-order valence-corrected chi connectivity index (χ1v) is 8.99. The Morgan fingerprint density at radius 1 is 1.07 bits per heavy atom. The van der Waals surface area contributed by atoms with E-state index in [1.807, 2.05) is 24.3 Å². The van der Waals surface area contributed by atoms with Gasteiger partial charge in [0, 0.05) is 0 Å². The van der Waals surface area contributed by atoms with Crippen molar-refractivity contribution in [3.63, 3.8) is 0 Å². The first kappa shape index (κ1) is 19.2. The summed E-state index contributed by atoms with van der Waals surface area (Å²) in [6, 6.07) is 15.4. The zero-order valence-electron chi connectivity index (χ0n) is 15.8. The van der Waals surface area contributed by atoms with Crippen molar-refractivity contribution in [1.82, 2.24) is 9.78 Å². The third kappa shape index (κ3) is 4.37. The minimum atomic E-state index is -0.794. The molecule has 1 heterocycles. The van der Waals surface area contributed by atoms with Gasteiger partial charge in [-0.1, -0.05) is 50.2 Å². The fraction of sp³-hybridized carbons (Fsp3) is 0.190. The maximum atomic E-state index is 11.6. The van der Waals surface area contributed by atoms with Gasteiger partial charge in [-0.05, 0) is 41.2 Å². The number of nitrogens with zero attached hydrogens (tertiary/aromatic N) is 2. The van der Waals surface area contributed by atoms with Crippen molar-refractivity contribution in [2.45, 2.75) is 20.3 Å². The Morgan fingerprint density at radius 3 is 2.39 bits per heavy atom. The normalized spacial score (nSPS) is 10.8. The minimum Gasteiger partial charge on any atom is -0.364 e. The van der Waals surface area contributed by atoms with Crippen LogP contribution in [0.5, 0.6) is 0 Å². The number of rotatable bonds is 6. The van der Waals surface area contributed by atoms with Crippen molar-refractivity contribution in [3.05, 3.63) is 66.0 Å². The SMILES string of the molecule is CC(C)Cc1ccc(-c2cccc(-n3cc(NC(N)=O)c(C(N)=O)n3)c2)cc1. The molecule has 0 aliphatic heterocycles. The number of benzene rings is 2. The molecule has 0 radical (unpaired) electrons. The first-order valence-electron chi connectivity index (χ1n) is 8.99. The van der Waals surface area contributed by atoms with E-state index in [9.17, 15) is 9.59 Å². The molecule has 3 aromatic rings. The number of carbonyl (C=O) groups excluding carboxylic acids is 2. The molecule has 0 fully saturated rings. The minimum absolute atomic E-state index is 0.0535. The lowest BCUT2D eigenvalue weighted by Crippen LogP contribution is -2.22. The van der Waals surface area contributed by atoms with Crippen LogP contribution >= 0.6 is 0 Å². The van der Waals surface area contributed by atoms with Crippen LogP contribution in [0.3, 0.4) is 0 Å². The van der Waals surface area contributed by atoms with E-state index in [0.717, 1.165) is 23.2 Å². The molecular formula is C21H23N5O2. The van der Waals surface area contributed by atoms with Gasteiger partial charge in [-0.15, -0.1) is 0 Å². The molecule has 0 saturated heterocycles. The van der Waals surface area contributed by atoms with Crippen LogP contribution in [0.2, 0.25) is 0 Å². The molecule has 0 aliphatic carbocycles. The predicted molar refractivity (Wildman–Crippen MR) is 109 cm³/mol. The molecule has 0 saturated carbocycles. The molecule has 7 nitrogen and oxygen atoms in total. The second-order valence-electron chi connectivity index (χ2n) is 7.03. The standard InChI is InChI=1S/C21H23N5O2/c1-13(2)10-14-6-8-15(9-7-14)16-4-3-5-17(11-16)26-12-18(24-21(23)28)19(25-26)20(22)27/h3-9,11-13H,10H2,1-2H3,(H2,22,27)(H3,23,24,28). The highest BCUT2D eigenvalue weighted by atomic mass is 16.2. The lowest BCUT2D eigenvalue weighted by molar-refractivity contribution is 0.0996. The molecular weight excluding hydrogens is 354 g/mol. The van der Waals surface area contributed by atoms with Crippen molar-refractivity contribution in [1.29, 1.82) is 0 Å². The zero-order valence-corrected chi connectivity index (χ0v) is 15.8. The Kier molecular flexibility index (Phi) is 5.44. The third-order valence-electron chi connectivity index (χ3n) is 4.25. The Balaban J connectivity index is 1.93. The van der Waals surface area contributed by atoms with Gasteiger partial charge in [-0.2, -0.15) is 5.10 Å². The molecule has 0 spiro atoms. The van der Waals surface area contributed by atoms with Gasteiger partial charge in [0.25, 0.3) is 5.91 Å². The molecule has 7 heteroatoms. The van der Waals surface area contributed by atoms with E-state index >= 15 is 0 Å². The highest BCUT2D eigenvalue weighted by Gasteiger charge is 2.16. The van der Waals surface area contributed by atoms with E-state index < -0.39 is 11.9 Å². The molecule has 2 aromatic carbocycles. The number of primary amides is 2. The van der Waals surface area contributed by atoms with Crippen LogP contribution in [-0.2, 0) is 6.42 Å². The van der Waals surface area contributed by atoms with Crippen molar-refractivity contribution in [3.8, 4) is 16.8 Å². The average molecular weight is 377 g/mol. The maximum Gasteiger partial charge on any atom is 0.316 e. The van der Waals surface area contributed by atoms with Crippen molar-refractivity contribution < 1.29 is 9.59 Å². The summed E-state index contributed by atoms with van der Waals surface area (Å²) in [4.78, 5) is 22.7. The number of anilines is 1. The highest BCUT2D eigenvalue weighted by Crippen LogP contribution is 2.24. The average Bonchev–Trinajstić information content (AvgIpc) is 3.05. The van der Waals surface area contributed by atoms with Gasteiger partial charge in [0.05, 0.1) is 17.6 Å². The van der Waals surface area contributed by atoms with Crippen LogP contribution in [0.4, 0.5) is 10.5 Å². The van der Waals surface area contributed by atoms with E-state index in [-0.39, 0.29) is 11.4 Å². The highest BCUT2D eigenvalue weighted by molar-refractivity contribution is 6.00. The van der Waals surface area contributed by atoms with E-state index in [0.29, 0.717) is 5.92 Å². The number of hydrogen-bond acceptors (Lipinski definition) is 3. The van der Waals surface area contributed by atoms with Gasteiger partial charge in [-0.25, -0.2) is 9.48 Å². The molecule has 3 rings (SSSR count). The summed E-state index contributed by atoms with van der Waals surface area (Å²) >= 11 is 0. The lowest BCUT2D eigenvalue weighted by Gasteiger charge is -2.08. The zero-order chi connectivity index (χ0) is 20.3. The van der Waals surface area contributed by atoms with Crippen LogP contribution < -0.4 is 16.8 Å². The van der Waals surface area contributed by atoms with E-state index in [1.54, 1.807) is 0 Å². The summed E-state index contributed by atoms with van der Waals surface area (Å²) in [6.07, 6.45) is 2.55. The molecule has 0 bridgehead atoms. The molecule has 0 aliphatic rings. The van der Waals surface area contributed by atoms with E-state index in [2.05, 4.69) is 48.5 Å².